The van der Waals surface area contributed by atoms with Gasteiger partial charge < -0.3 is 24.8 Å². The first-order valence-electron chi connectivity index (χ1n) is 7.97. The Morgan fingerprint density at radius 1 is 0.864 bits per heavy atom. The van der Waals surface area contributed by atoms with Crippen LogP contribution in [0.1, 0.15) is 53.4 Å². The first kappa shape index (κ1) is 22.5. The van der Waals surface area contributed by atoms with Gasteiger partial charge in [0.05, 0.1) is 0 Å². The second-order valence-electron chi connectivity index (χ2n) is 6.18. The van der Waals surface area contributed by atoms with Gasteiger partial charge in [0.1, 0.15) is 0 Å². The van der Waals surface area contributed by atoms with Gasteiger partial charge in [-0.05, 0) is 0 Å². The molecule has 0 fully saturated rings. The Labute approximate surface area is 155 Å². The minimum absolute atomic E-state index is 0. The van der Waals surface area contributed by atoms with E-state index in [1.165, 1.54) is 25.7 Å². The van der Waals surface area contributed by atoms with Crippen molar-refractivity contribution in [2.24, 2.45) is 0 Å². The van der Waals surface area contributed by atoms with E-state index in [1.807, 2.05) is 7.76 Å². The molecular formula is C18H28Cl2SiTi. The standard InChI is InChI=1S/2C8H11.C2H6Si.2ClH.Ti/c2*1-3-8-6-4-5-7(8)2;1-3-2;;;/h2*5H,3-4H2,1-2H3;1-2H3;2*1H;/q;;;;;+2/p-2. The summed E-state index contributed by atoms with van der Waals surface area (Å²) in [6, 6.07) is 0. The van der Waals surface area contributed by atoms with E-state index in [1.54, 1.807) is 22.3 Å². The zero-order valence-electron chi connectivity index (χ0n) is 14.7. The summed E-state index contributed by atoms with van der Waals surface area (Å²) in [4.78, 5) is 0. The molecule has 0 spiro atoms. The average Bonchev–Trinajstić information content (AvgIpc) is 2.94. The molecule has 2 rings (SSSR count). The van der Waals surface area contributed by atoms with Crippen LogP contribution in [0.5, 0.6) is 0 Å². The van der Waals surface area contributed by atoms with E-state index in [0.29, 0.717) is 0 Å². The number of allylic oxidation sites excluding steroid dienone is 8. The molecule has 0 radical (unpaired) electrons. The molecule has 2 aliphatic rings. The van der Waals surface area contributed by atoms with Crippen LogP contribution < -0.4 is 24.8 Å². The van der Waals surface area contributed by atoms with Crippen molar-refractivity contribution in [2.45, 2.75) is 66.5 Å². The van der Waals surface area contributed by atoms with Crippen LogP contribution in [0.4, 0.5) is 0 Å². The van der Waals surface area contributed by atoms with Gasteiger partial charge in [-0.2, -0.15) is 0 Å². The molecule has 122 valence electrons. The summed E-state index contributed by atoms with van der Waals surface area (Å²) in [5.74, 6) is 0. The van der Waals surface area contributed by atoms with Gasteiger partial charge in [-0.15, -0.1) is 0 Å². The second kappa shape index (κ2) is 9.69. The van der Waals surface area contributed by atoms with E-state index in [4.69, 9.17) is 0 Å². The molecule has 0 nitrogen and oxygen atoms in total. The third kappa shape index (κ3) is 4.30. The van der Waals surface area contributed by atoms with E-state index >= 15 is 0 Å². The molecule has 0 aromatic heterocycles. The summed E-state index contributed by atoms with van der Waals surface area (Å²) in [5, 5.41) is 0. The van der Waals surface area contributed by atoms with Gasteiger partial charge in [-0.1, -0.05) is 0 Å². The molecule has 0 unspecified atom stereocenters. The van der Waals surface area contributed by atoms with Gasteiger partial charge in [0.25, 0.3) is 0 Å². The summed E-state index contributed by atoms with van der Waals surface area (Å²) >= 11 is -1.21. The second-order valence-corrected chi connectivity index (χ2v) is 18.0. The zero-order chi connectivity index (χ0) is 14.9. The minimum Gasteiger partial charge on any atom is -1.00 e. The molecule has 0 saturated heterocycles. The molecule has 0 N–H and O–H groups in total. The van der Waals surface area contributed by atoms with Crippen LogP contribution in [0.2, 0.25) is 13.1 Å². The van der Waals surface area contributed by atoms with E-state index < -0.39 is 16.6 Å². The van der Waals surface area contributed by atoms with Crippen molar-refractivity contribution in [3.63, 3.8) is 0 Å². The Balaban J connectivity index is 0.00000220. The van der Waals surface area contributed by atoms with E-state index in [-0.39, 0.29) is 31.0 Å². The fraction of sp³-hybridized carbons (Fsp3) is 0.556. The molecule has 0 aromatic carbocycles. The zero-order valence-corrected chi connectivity index (χ0v) is 18.8. The smallest absolute Gasteiger partial charge is 1.00 e. The normalized spacial score (nSPS) is 16.6. The Bertz CT molecular complexity index is 542. The Morgan fingerprint density at radius 3 is 1.50 bits per heavy atom. The first-order chi connectivity index (χ1) is 9.51. The minimum atomic E-state index is -1.21. The Kier molecular flexibility index (Phi) is 9.90. The molecular weight excluding hydrogens is 363 g/mol. The molecule has 0 bridgehead atoms. The van der Waals surface area contributed by atoms with Crippen molar-refractivity contribution < 1.29 is 41.4 Å². The number of hydrogen-bond acceptors (Lipinski definition) is 0. The fourth-order valence-corrected chi connectivity index (χ4v) is 16.3. The number of rotatable bonds is 4. The van der Waals surface area contributed by atoms with Gasteiger partial charge in [0.2, 0.25) is 0 Å². The molecule has 0 aliphatic heterocycles. The summed E-state index contributed by atoms with van der Waals surface area (Å²) < 4.78 is 3.85. The van der Waals surface area contributed by atoms with Crippen LogP contribution in [0.15, 0.2) is 42.2 Å². The van der Waals surface area contributed by atoms with E-state index in [9.17, 15) is 0 Å². The van der Waals surface area contributed by atoms with Gasteiger partial charge in [0.15, 0.2) is 0 Å². The number of halogens is 2. The number of hydrogen-bond donors (Lipinski definition) is 0. The maximum atomic E-state index is 2.57. The predicted molar refractivity (Wildman–Crippen MR) is 88.9 cm³/mol. The van der Waals surface area contributed by atoms with Crippen LogP contribution in [-0.2, 0) is 16.6 Å². The van der Waals surface area contributed by atoms with Gasteiger partial charge in [-0.25, -0.2) is 0 Å². The molecule has 4 heteroatoms. The molecule has 0 aromatic rings. The SMILES string of the molecule is CCC1=[C]([Ti+2]([C]2=C(CC)C(C)=CC2)=[Si](C)C)CC=C1C.[Cl-].[Cl-]. The monoisotopic (exact) mass is 390 g/mol. The van der Waals surface area contributed by atoms with Crippen molar-refractivity contribution in [1.82, 2.24) is 0 Å². The summed E-state index contributed by atoms with van der Waals surface area (Å²) in [6.07, 6.45) is 9.84. The maximum Gasteiger partial charge on any atom is -1.00 e. The van der Waals surface area contributed by atoms with Crippen LogP contribution in [-0.4, -0.2) is 6.19 Å². The first-order valence-corrected chi connectivity index (χ1v) is 14.4. The Hall–Kier alpha value is 0.471. The van der Waals surface area contributed by atoms with Gasteiger partial charge >= 0.3 is 131 Å². The van der Waals surface area contributed by atoms with Crippen LogP contribution in [0, 0.1) is 0 Å². The van der Waals surface area contributed by atoms with Gasteiger partial charge in [0, 0.05) is 0 Å². The Morgan fingerprint density at radius 2 is 1.23 bits per heavy atom. The topological polar surface area (TPSA) is 0 Å². The van der Waals surface area contributed by atoms with Crippen molar-refractivity contribution in [3.8, 4) is 0 Å². The maximum absolute atomic E-state index is 2.57. The summed E-state index contributed by atoms with van der Waals surface area (Å²) in [7, 11) is 0. The van der Waals surface area contributed by atoms with Crippen LogP contribution >= 0.6 is 0 Å². The molecule has 0 saturated carbocycles. The summed E-state index contributed by atoms with van der Waals surface area (Å²) in [5.41, 5.74) is 6.63. The largest absolute Gasteiger partial charge is 1.00 e. The van der Waals surface area contributed by atoms with Gasteiger partial charge in [-0.3, -0.25) is 0 Å². The third-order valence-electron chi connectivity index (χ3n) is 4.72. The fourth-order valence-electron chi connectivity index (χ4n) is 3.76. The summed E-state index contributed by atoms with van der Waals surface area (Å²) in [6.45, 7) is 14.5. The molecule has 0 amide bonds. The quantitative estimate of drug-likeness (QED) is 0.587. The predicted octanol–water partition coefficient (Wildman–Crippen LogP) is -0.108. The van der Waals surface area contributed by atoms with Crippen molar-refractivity contribution in [2.75, 3.05) is 0 Å². The van der Waals surface area contributed by atoms with E-state index in [0.717, 1.165) is 0 Å². The third-order valence-corrected chi connectivity index (χ3v) is 16.4. The average molecular weight is 391 g/mol. The van der Waals surface area contributed by atoms with Crippen LogP contribution in [0.3, 0.4) is 0 Å². The molecule has 2 aliphatic carbocycles. The van der Waals surface area contributed by atoms with Crippen LogP contribution in [0.25, 0.3) is 0 Å². The molecule has 0 heterocycles. The van der Waals surface area contributed by atoms with Crippen molar-refractivity contribution >= 4 is 6.19 Å². The molecule has 22 heavy (non-hydrogen) atoms. The molecule has 0 atom stereocenters. The van der Waals surface area contributed by atoms with Crippen molar-refractivity contribution in [1.29, 1.82) is 0 Å². The van der Waals surface area contributed by atoms with Crippen molar-refractivity contribution in [3.05, 3.63) is 42.2 Å². The van der Waals surface area contributed by atoms with E-state index in [2.05, 4.69) is 52.9 Å².